The third kappa shape index (κ3) is 2.77. The lowest BCUT2D eigenvalue weighted by Gasteiger charge is -2.19. The van der Waals surface area contributed by atoms with Crippen LogP contribution in [0, 0.1) is 0 Å². The van der Waals surface area contributed by atoms with E-state index in [9.17, 15) is 0 Å². The van der Waals surface area contributed by atoms with Gasteiger partial charge in [0.25, 0.3) is 0 Å². The van der Waals surface area contributed by atoms with Gasteiger partial charge in [-0.1, -0.05) is 13.3 Å². The molecule has 1 aromatic heterocycles. The average Bonchev–Trinajstić information content (AvgIpc) is 2.86. The monoisotopic (exact) mass is 240 g/mol. The number of thioether (sulfide) groups is 1. The van der Waals surface area contributed by atoms with Gasteiger partial charge >= 0.3 is 0 Å². The highest BCUT2D eigenvalue weighted by atomic mass is 32.2. The molecule has 5 heteroatoms. The first-order valence-corrected chi connectivity index (χ1v) is 7.04. The lowest BCUT2D eigenvalue weighted by atomic mass is 10.2. The van der Waals surface area contributed by atoms with Crippen molar-refractivity contribution in [3.63, 3.8) is 0 Å². The summed E-state index contributed by atoms with van der Waals surface area (Å²) in [6.07, 6.45) is 5.77. The molecule has 16 heavy (non-hydrogen) atoms. The molecule has 1 aliphatic rings. The molecule has 1 fully saturated rings. The minimum atomic E-state index is 0.654. The normalized spacial score (nSPS) is 25.1. The lowest BCUT2D eigenvalue weighted by molar-refractivity contribution is 0.513. The smallest absolute Gasteiger partial charge is 0.146 e. The van der Waals surface area contributed by atoms with E-state index < -0.39 is 0 Å². The van der Waals surface area contributed by atoms with Crippen molar-refractivity contribution in [1.82, 2.24) is 20.1 Å². The summed E-state index contributed by atoms with van der Waals surface area (Å²) in [4.78, 5) is 0. The van der Waals surface area contributed by atoms with E-state index in [0.717, 1.165) is 17.6 Å². The summed E-state index contributed by atoms with van der Waals surface area (Å²) >= 11 is 2.08. The van der Waals surface area contributed by atoms with Crippen molar-refractivity contribution >= 4 is 11.8 Å². The van der Waals surface area contributed by atoms with Gasteiger partial charge in [-0.15, -0.1) is 10.2 Å². The van der Waals surface area contributed by atoms with Crippen LogP contribution in [-0.4, -0.2) is 31.8 Å². The molecule has 0 spiro atoms. The van der Waals surface area contributed by atoms with Gasteiger partial charge in [-0.25, -0.2) is 0 Å². The van der Waals surface area contributed by atoms with E-state index >= 15 is 0 Å². The van der Waals surface area contributed by atoms with Crippen LogP contribution in [-0.2, 0) is 13.6 Å². The van der Waals surface area contributed by atoms with Gasteiger partial charge in [0.15, 0.2) is 0 Å². The van der Waals surface area contributed by atoms with Crippen molar-refractivity contribution in [2.24, 2.45) is 7.05 Å². The van der Waals surface area contributed by atoms with Crippen LogP contribution in [0.4, 0.5) is 0 Å². The van der Waals surface area contributed by atoms with Crippen molar-refractivity contribution < 1.29 is 0 Å². The molecule has 0 bridgehead atoms. The summed E-state index contributed by atoms with van der Waals surface area (Å²) in [6.45, 7) is 3.07. The largest absolute Gasteiger partial charge is 0.320 e. The maximum absolute atomic E-state index is 4.09. The third-order valence-corrected chi connectivity index (χ3v) is 4.49. The Kier molecular flexibility index (Phi) is 4.23. The lowest BCUT2D eigenvalue weighted by Crippen LogP contribution is -2.34. The molecule has 90 valence electrons. The summed E-state index contributed by atoms with van der Waals surface area (Å²) < 4.78 is 1.98. The Morgan fingerprint density at radius 1 is 1.56 bits per heavy atom. The maximum atomic E-state index is 4.09. The molecule has 0 aliphatic heterocycles. The van der Waals surface area contributed by atoms with Gasteiger partial charge < -0.3 is 9.88 Å². The van der Waals surface area contributed by atoms with E-state index in [-0.39, 0.29) is 0 Å². The van der Waals surface area contributed by atoms with Crippen LogP contribution in [0.5, 0.6) is 0 Å². The predicted molar refractivity (Wildman–Crippen MR) is 67.4 cm³/mol. The van der Waals surface area contributed by atoms with Crippen LogP contribution in [0.3, 0.4) is 0 Å². The maximum Gasteiger partial charge on any atom is 0.146 e. The van der Waals surface area contributed by atoms with Gasteiger partial charge in [-0.3, -0.25) is 0 Å². The Morgan fingerprint density at radius 2 is 2.44 bits per heavy atom. The van der Waals surface area contributed by atoms with E-state index in [1.165, 1.54) is 25.0 Å². The highest BCUT2D eigenvalue weighted by molar-refractivity contribution is 7.99. The standard InChI is InChI=1S/C11H20N4S/c1-3-16-10-6-4-5-9(10)12-7-11-14-13-8-15(11)2/h8-10,12H,3-7H2,1-2H3. The molecule has 1 heterocycles. The third-order valence-electron chi connectivity index (χ3n) is 3.16. The molecular formula is C11H20N4S. The first-order valence-electron chi connectivity index (χ1n) is 5.99. The minimum Gasteiger partial charge on any atom is -0.320 e. The van der Waals surface area contributed by atoms with Gasteiger partial charge in [-0.2, -0.15) is 11.8 Å². The summed E-state index contributed by atoms with van der Waals surface area (Å²) in [5, 5.41) is 12.4. The molecule has 1 aliphatic carbocycles. The van der Waals surface area contributed by atoms with Gasteiger partial charge in [0.2, 0.25) is 0 Å². The second-order valence-electron chi connectivity index (χ2n) is 4.27. The van der Waals surface area contributed by atoms with Crippen LogP contribution < -0.4 is 5.32 Å². The van der Waals surface area contributed by atoms with E-state index in [4.69, 9.17) is 0 Å². The number of hydrogen-bond donors (Lipinski definition) is 1. The predicted octanol–water partition coefficient (Wildman–Crippen LogP) is 1.58. The van der Waals surface area contributed by atoms with Crippen LogP contribution in [0.2, 0.25) is 0 Å². The number of nitrogens with zero attached hydrogens (tertiary/aromatic N) is 3. The van der Waals surface area contributed by atoms with Crippen LogP contribution in [0.1, 0.15) is 32.0 Å². The molecule has 0 radical (unpaired) electrons. The molecule has 1 N–H and O–H groups in total. The van der Waals surface area contributed by atoms with E-state index in [1.807, 2.05) is 11.6 Å². The molecule has 2 rings (SSSR count). The van der Waals surface area contributed by atoms with Crippen molar-refractivity contribution in [3.05, 3.63) is 12.2 Å². The molecule has 2 atom stereocenters. The minimum absolute atomic E-state index is 0.654. The number of aromatic nitrogens is 3. The Balaban J connectivity index is 1.83. The molecule has 0 saturated heterocycles. The van der Waals surface area contributed by atoms with Crippen molar-refractivity contribution in [1.29, 1.82) is 0 Å². The van der Waals surface area contributed by atoms with Gasteiger partial charge in [0.1, 0.15) is 12.2 Å². The molecule has 4 nitrogen and oxygen atoms in total. The van der Waals surface area contributed by atoms with Crippen molar-refractivity contribution in [2.45, 2.75) is 44.0 Å². The molecule has 2 unspecified atom stereocenters. The van der Waals surface area contributed by atoms with E-state index in [1.54, 1.807) is 6.33 Å². The Hall–Kier alpha value is -0.550. The summed E-state index contributed by atoms with van der Waals surface area (Å²) in [5.41, 5.74) is 0. The zero-order valence-corrected chi connectivity index (χ0v) is 10.8. The van der Waals surface area contributed by atoms with Gasteiger partial charge in [-0.05, 0) is 18.6 Å². The second kappa shape index (κ2) is 5.68. The van der Waals surface area contributed by atoms with Gasteiger partial charge in [0, 0.05) is 18.3 Å². The fourth-order valence-corrected chi connectivity index (χ4v) is 3.49. The number of aryl methyl sites for hydroxylation is 1. The van der Waals surface area contributed by atoms with Crippen molar-refractivity contribution in [3.8, 4) is 0 Å². The molecular weight excluding hydrogens is 220 g/mol. The van der Waals surface area contributed by atoms with Crippen LogP contribution in [0.25, 0.3) is 0 Å². The summed E-state index contributed by atoms with van der Waals surface area (Å²) in [6, 6.07) is 0.654. The highest BCUT2D eigenvalue weighted by Crippen LogP contribution is 2.29. The Bertz CT molecular complexity index is 326. The topological polar surface area (TPSA) is 42.7 Å². The molecule has 1 saturated carbocycles. The Morgan fingerprint density at radius 3 is 3.12 bits per heavy atom. The van der Waals surface area contributed by atoms with Crippen molar-refractivity contribution in [2.75, 3.05) is 5.75 Å². The highest BCUT2D eigenvalue weighted by Gasteiger charge is 2.26. The zero-order valence-electron chi connectivity index (χ0n) is 10.0. The Labute approximate surface area is 101 Å². The van der Waals surface area contributed by atoms with E-state index in [2.05, 4.69) is 34.2 Å². The summed E-state index contributed by atoms with van der Waals surface area (Å²) in [7, 11) is 1.99. The zero-order chi connectivity index (χ0) is 11.4. The van der Waals surface area contributed by atoms with Gasteiger partial charge in [0.05, 0.1) is 6.54 Å². The number of nitrogens with one attached hydrogen (secondary N) is 1. The molecule has 1 aromatic rings. The first-order chi connectivity index (χ1) is 7.81. The first kappa shape index (κ1) is 11.9. The average molecular weight is 240 g/mol. The fourth-order valence-electron chi connectivity index (χ4n) is 2.26. The van der Waals surface area contributed by atoms with E-state index in [0.29, 0.717) is 6.04 Å². The number of rotatable bonds is 5. The van der Waals surface area contributed by atoms with Crippen LogP contribution in [0.15, 0.2) is 6.33 Å². The number of hydrogen-bond acceptors (Lipinski definition) is 4. The SMILES string of the molecule is CCSC1CCCC1NCc1nncn1C. The second-order valence-corrected chi connectivity index (χ2v) is 5.79. The fraction of sp³-hybridized carbons (Fsp3) is 0.818. The molecule has 0 amide bonds. The summed E-state index contributed by atoms with van der Waals surface area (Å²) in [5.74, 6) is 2.24. The molecule has 0 aromatic carbocycles. The quantitative estimate of drug-likeness (QED) is 0.848. The van der Waals surface area contributed by atoms with Crippen LogP contribution >= 0.6 is 11.8 Å².